The lowest BCUT2D eigenvalue weighted by atomic mass is 9.35. The Hall–Kier alpha value is -2.66. The molecule has 0 aromatic heterocycles. The van der Waals surface area contributed by atoms with E-state index in [2.05, 4.69) is 56.0 Å². The van der Waals surface area contributed by atoms with E-state index in [1.807, 2.05) is 6.92 Å². The maximum absolute atomic E-state index is 14.8. The number of esters is 2. The third-order valence-electron chi connectivity index (χ3n) is 18.0. The molecule has 7 heteroatoms. The van der Waals surface area contributed by atoms with E-state index < -0.39 is 51.5 Å². The molecular weight excluding hydrogens is 725 g/mol. The first kappa shape index (κ1) is 42.0. The molecule has 0 radical (unpaired) electrons. The van der Waals surface area contributed by atoms with Crippen LogP contribution >= 0.6 is 0 Å². The van der Waals surface area contributed by atoms with Crippen LogP contribution in [0.4, 0.5) is 0 Å². The van der Waals surface area contributed by atoms with Crippen molar-refractivity contribution in [2.75, 3.05) is 6.61 Å². The van der Waals surface area contributed by atoms with E-state index in [9.17, 15) is 24.9 Å². The maximum Gasteiger partial charge on any atom is 0.331 e. The van der Waals surface area contributed by atoms with Crippen LogP contribution in [0.2, 0.25) is 0 Å². The Labute approximate surface area is 348 Å². The van der Waals surface area contributed by atoms with E-state index in [-0.39, 0.29) is 25.0 Å². The second-order valence-corrected chi connectivity index (χ2v) is 21.3. The highest BCUT2D eigenvalue weighted by Gasteiger charge is 2.78. The molecule has 3 N–H and O–H groups in total. The zero-order valence-corrected chi connectivity index (χ0v) is 35.9. The summed E-state index contributed by atoms with van der Waals surface area (Å²) < 4.78 is 12.4. The second-order valence-electron chi connectivity index (χ2n) is 21.3. The van der Waals surface area contributed by atoms with Crippen molar-refractivity contribution in [3.63, 3.8) is 0 Å². The van der Waals surface area contributed by atoms with Crippen molar-refractivity contribution in [1.29, 1.82) is 0 Å². The molecule has 1 aromatic carbocycles. The van der Waals surface area contributed by atoms with Gasteiger partial charge in [-0.05, 0) is 137 Å². The SMILES string of the molecule is C[C@H](CCCc1ccccc1)CC[C@H](O)[C@]12[C@@H](O)CC[C@@](C)([C@H]3CCC4(CCCC4)C3)[C@@H]1[C@H]1C[C@](C)(C#CCC3(CCCCC3)C(=O)O1)[C@]2(O)CCC1=CC(=O)OC1. The Morgan fingerprint density at radius 3 is 2.34 bits per heavy atom. The number of benzene rings is 1. The summed E-state index contributed by atoms with van der Waals surface area (Å²) >= 11 is 0. The van der Waals surface area contributed by atoms with Crippen LogP contribution in [0.25, 0.3) is 0 Å². The summed E-state index contributed by atoms with van der Waals surface area (Å²) in [6, 6.07) is 10.6. The van der Waals surface area contributed by atoms with E-state index in [0.717, 1.165) is 82.6 Å². The molecule has 7 aliphatic rings. The number of hydrogen-bond acceptors (Lipinski definition) is 7. The summed E-state index contributed by atoms with van der Waals surface area (Å²) in [5.41, 5.74) is -2.80. The van der Waals surface area contributed by atoms with Crippen LogP contribution in [-0.2, 0) is 25.5 Å². The van der Waals surface area contributed by atoms with Crippen LogP contribution in [0.3, 0.4) is 0 Å². The lowest BCUT2D eigenvalue weighted by Gasteiger charge is -2.71. The summed E-state index contributed by atoms with van der Waals surface area (Å²) in [5, 5.41) is 40.6. The molecule has 0 saturated heterocycles. The zero-order valence-electron chi connectivity index (χ0n) is 35.9. The standard InChI is InChI=1S/C51H72O7/c1-36(14-12-17-37-15-6-4-7-16-37)18-19-41(52)51-42(53)22-29-47(3,39-21-30-48(33-39)24-10-11-25-48)44(51)40-34-46(2,50(51,56)31-20-38-32-43(54)57-35-38)23-13-28-49(45(55)58-40)26-8-5-9-27-49/h4,6-7,15-16,32,36,39-42,44,52-53,56H,5,8-12,14,17-22,24-31,33-35H2,1-3H3/t36-,39+,40-,41+,42+,44+,46+,47+,50-,51+/m1/s1. The quantitative estimate of drug-likeness (QED) is 0.143. The first-order valence-corrected chi connectivity index (χ1v) is 23.5. The molecule has 0 amide bonds. The summed E-state index contributed by atoms with van der Waals surface area (Å²) in [5.74, 6) is 6.78. The van der Waals surface area contributed by atoms with Crippen molar-refractivity contribution in [3.05, 3.63) is 47.5 Å². The topological polar surface area (TPSA) is 113 Å². The lowest BCUT2D eigenvalue weighted by molar-refractivity contribution is -0.338. The number of carbonyl (C=O) groups is 2. The Morgan fingerprint density at radius 2 is 1.62 bits per heavy atom. The first-order chi connectivity index (χ1) is 27.8. The summed E-state index contributed by atoms with van der Waals surface area (Å²) in [4.78, 5) is 27.1. The molecule has 2 bridgehead atoms. The fourth-order valence-corrected chi connectivity index (χ4v) is 14.7. The van der Waals surface area contributed by atoms with Gasteiger partial charge < -0.3 is 24.8 Å². The number of aryl methyl sites for hydroxylation is 1. The van der Waals surface area contributed by atoms with Gasteiger partial charge in [-0.1, -0.05) is 88.6 Å². The van der Waals surface area contributed by atoms with Crippen LogP contribution in [0.15, 0.2) is 42.0 Å². The third-order valence-corrected chi connectivity index (χ3v) is 18.0. The van der Waals surface area contributed by atoms with Gasteiger partial charge in [0.05, 0.1) is 34.1 Å². The summed E-state index contributed by atoms with van der Waals surface area (Å²) in [7, 11) is 0. The number of fused-ring (bicyclic) bond motifs is 4. The van der Waals surface area contributed by atoms with E-state index >= 15 is 0 Å². The molecule has 2 spiro atoms. The number of cyclic esters (lactones) is 1. The van der Waals surface area contributed by atoms with Crippen LogP contribution in [0.5, 0.6) is 0 Å². The molecule has 2 aliphatic heterocycles. The number of rotatable bonds is 12. The molecule has 5 saturated carbocycles. The molecular formula is C51H72O7. The van der Waals surface area contributed by atoms with Gasteiger partial charge in [0.1, 0.15) is 12.7 Å². The molecule has 10 atom stereocenters. The largest absolute Gasteiger partial charge is 0.462 e. The average molecular weight is 797 g/mol. The van der Waals surface area contributed by atoms with Crippen molar-refractivity contribution >= 4 is 11.9 Å². The molecule has 2 heterocycles. The smallest absolute Gasteiger partial charge is 0.331 e. The zero-order chi connectivity index (χ0) is 40.8. The molecule has 1 aromatic rings. The monoisotopic (exact) mass is 797 g/mol. The number of ether oxygens (including phenoxy) is 2. The van der Waals surface area contributed by atoms with Gasteiger partial charge in [0.15, 0.2) is 0 Å². The van der Waals surface area contributed by atoms with Crippen molar-refractivity contribution < 1.29 is 34.4 Å². The predicted octanol–water partition coefficient (Wildman–Crippen LogP) is 9.58. The minimum atomic E-state index is -1.67. The van der Waals surface area contributed by atoms with Gasteiger partial charge >= 0.3 is 11.9 Å². The average Bonchev–Trinajstić information content (AvgIpc) is 3.99. The fourth-order valence-electron chi connectivity index (χ4n) is 14.7. The van der Waals surface area contributed by atoms with Crippen LogP contribution in [0.1, 0.15) is 168 Å². The van der Waals surface area contributed by atoms with E-state index in [4.69, 9.17) is 9.47 Å². The second kappa shape index (κ2) is 16.3. The predicted molar refractivity (Wildman–Crippen MR) is 225 cm³/mol. The van der Waals surface area contributed by atoms with Crippen LogP contribution < -0.4 is 0 Å². The van der Waals surface area contributed by atoms with Crippen molar-refractivity contribution in [2.45, 2.75) is 192 Å². The van der Waals surface area contributed by atoms with Crippen LogP contribution in [0, 0.1) is 56.7 Å². The fraction of sp³-hybridized carbons (Fsp3) is 0.765. The van der Waals surface area contributed by atoms with Gasteiger partial charge in [-0.25, -0.2) is 4.79 Å². The normalized spacial score (nSPS) is 38.7. The highest BCUT2D eigenvalue weighted by molar-refractivity contribution is 5.85. The van der Waals surface area contributed by atoms with Crippen molar-refractivity contribution in [2.24, 2.45) is 44.8 Å². The van der Waals surface area contributed by atoms with Gasteiger partial charge in [-0.3, -0.25) is 4.79 Å². The Bertz CT molecular complexity index is 1750. The number of carbonyl (C=O) groups excluding carboxylic acids is 2. The molecule has 5 aliphatic carbocycles. The highest BCUT2D eigenvalue weighted by Crippen LogP contribution is 2.73. The van der Waals surface area contributed by atoms with Crippen LogP contribution in [-0.4, -0.2) is 57.8 Å². The van der Waals surface area contributed by atoms with E-state index in [1.54, 1.807) is 6.08 Å². The van der Waals surface area contributed by atoms with Crippen molar-refractivity contribution in [1.82, 2.24) is 0 Å². The van der Waals surface area contributed by atoms with Crippen molar-refractivity contribution in [3.8, 4) is 11.8 Å². The minimum Gasteiger partial charge on any atom is -0.462 e. The van der Waals surface area contributed by atoms with Gasteiger partial charge in [0.2, 0.25) is 0 Å². The Kier molecular flexibility index (Phi) is 11.8. The molecule has 7 nitrogen and oxygen atoms in total. The Balaban J connectivity index is 1.22. The van der Waals surface area contributed by atoms with Gasteiger partial charge in [-0.2, -0.15) is 0 Å². The highest BCUT2D eigenvalue weighted by atomic mass is 16.5. The molecule has 318 valence electrons. The Morgan fingerprint density at radius 1 is 0.879 bits per heavy atom. The first-order valence-electron chi connectivity index (χ1n) is 23.5. The van der Waals surface area contributed by atoms with Gasteiger partial charge in [0.25, 0.3) is 0 Å². The molecule has 5 fully saturated rings. The number of hydrogen-bond donors (Lipinski definition) is 3. The third kappa shape index (κ3) is 7.21. The number of aliphatic hydroxyl groups is 3. The maximum atomic E-state index is 14.8. The molecule has 0 unspecified atom stereocenters. The minimum absolute atomic E-state index is 0.163. The molecule has 8 rings (SSSR count). The number of aliphatic hydroxyl groups excluding tert-OH is 2. The van der Waals surface area contributed by atoms with E-state index in [0.29, 0.717) is 49.4 Å². The van der Waals surface area contributed by atoms with E-state index in [1.165, 1.54) is 37.7 Å². The summed E-state index contributed by atoms with van der Waals surface area (Å²) in [6.07, 6.45) is 18.6. The summed E-state index contributed by atoms with van der Waals surface area (Å²) in [6.45, 7) is 6.84. The van der Waals surface area contributed by atoms with Gasteiger partial charge in [-0.15, -0.1) is 5.92 Å². The van der Waals surface area contributed by atoms with Gasteiger partial charge in [0, 0.05) is 24.8 Å². The molecule has 58 heavy (non-hydrogen) atoms. The lowest BCUT2D eigenvalue weighted by Crippen LogP contribution is -2.79.